The Bertz CT molecular complexity index is 304. The second kappa shape index (κ2) is 5.37. The molecule has 1 aromatic rings. The van der Waals surface area contributed by atoms with Crippen molar-refractivity contribution in [3.05, 3.63) is 46.7 Å². The first kappa shape index (κ1) is 12.6. The Labute approximate surface area is 91.4 Å². The minimum atomic E-state index is -0.324. The van der Waals surface area contributed by atoms with E-state index in [1.54, 1.807) is 12.1 Å². The number of benzene rings is 1. The van der Waals surface area contributed by atoms with E-state index in [2.05, 4.69) is 22.5 Å². The quantitative estimate of drug-likeness (QED) is 0.818. The van der Waals surface area contributed by atoms with Crippen LogP contribution in [0.3, 0.4) is 0 Å². The van der Waals surface area contributed by atoms with Gasteiger partial charge in [-0.15, -0.1) is 19.0 Å². The third-order valence-corrected chi connectivity index (χ3v) is 2.29. The lowest BCUT2D eigenvalue weighted by Crippen LogP contribution is -2.07. The molecule has 1 rings (SSSR count). The van der Waals surface area contributed by atoms with Crippen molar-refractivity contribution in [2.75, 3.05) is 0 Å². The Morgan fingerprint density at radius 3 is 2.69 bits per heavy atom. The molecule has 0 heterocycles. The molecule has 1 atom stereocenters. The molecule has 0 amide bonds. The molecule has 0 radical (unpaired) electrons. The summed E-state index contributed by atoms with van der Waals surface area (Å²) in [6.45, 7) is 3.54. The summed E-state index contributed by atoms with van der Waals surface area (Å²) in [6, 6.07) is 4.09. The third-order valence-electron chi connectivity index (χ3n) is 1.57. The minimum absolute atomic E-state index is 0. The van der Waals surface area contributed by atoms with Gasteiger partial charge in [-0.2, -0.15) is 0 Å². The van der Waals surface area contributed by atoms with Crippen molar-refractivity contribution >= 4 is 28.3 Å². The molecule has 2 N–H and O–H groups in total. The summed E-state index contributed by atoms with van der Waals surface area (Å²) >= 11 is 3.28. The molecule has 1 aromatic carbocycles. The van der Waals surface area contributed by atoms with E-state index in [4.69, 9.17) is 5.73 Å². The fourth-order valence-electron chi connectivity index (χ4n) is 0.897. The van der Waals surface area contributed by atoms with Crippen molar-refractivity contribution in [1.29, 1.82) is 0 Å². The molecule has 0 spiro atoms. The van der Waals surface area contributed by atoms with Crippen LogP contribution >= 0.6 is 28.3 Å². The fourth-order valence-corrected chi connectivity index (χ4v) is 1.41. The SMILES string of the molecule is C=C[C@H](N)c1cc(F)ccc1Br.Cl. The Morgan fingerprint density at radius 1 is 1.54 bits per heavy atom. The molecule has 0 saturated carbocycles. The molecule has 0 saturated heterocycles. The molecule has 0 aliphatic carbocycles. The van der Waals surface area contributed by atoms with Crippen LogP contribution in [0.25, 0.3) is 0 Å². The topological polar surface area (TPSA) is 26.0 Å². The van der Waals surface area contributed by atoms with Crippen LogP contribution in [0.2, 0.25) is 0 Å². The van der Waals surface area contributed by atoms with Crippen LogP contribution in [0.1, 0.15) is 11.6 Å². The second-order valence-electron chi connectivity index (χ2n) is 2.43. The molecule has 0 unspecified atom stereocenters. The first-order chi connectivity index (χ1) is 5.65. The molecule has 4 heteroatoms. The summed E-state index contributed by atoms with van der Waals surface area (Å²) in [7, 11) is 0. The van der Waals surface area contributed by atoms with Gasteiger partial charge in [-0.25, -0.2) is 4.39 Å². The van der Waals surface area contributed by atoms with Gasteiger partial charge in [-0.05, 0) is 23.8 Å². The van der Waals surface area contributed by atoms with Crippen molar-refractivity contribution < 1.29 is 4.39 Å². The standard InChI is InChI=1S/C9H9BrFN.ClH/c1-2-9(12)7-5-6(11)3-4-8(7)10;/h2-5,9H,1,12H2;1H/t9-;/m0./s1. The van der Waals surface area contributed by atoms with Gasteiger partial charge in [0.25, 0.3) is 0 Å². The Hall–Kier alpha value is -0.380. The third kappa shape index (κ3) is 3.10. The first-order valence-corrected chi connectivity index (χ1v) is 4.27. The number of hydrogen-bond acceptors (Lipinski definition) is 1. The van der Waals surface area contributed by atoms with Crippen LogP contribution in [-0.4, -0.2) is 0 Å². The molecule has 13 heavy (non-hydrogen) atoms. The molecule has 72 valence electrons. The maximum absolute atomic E-state index is 12.7. The van der Waals surface area contributed by atoms with Gasteiger partial charge in [0.2, 0.25) is 0 Å². The Kier molecular flexibility index (Phi) is 5.21. The monoisotopic (exact) mass is 265 g/mol. The summed E-state index contributed by atoms with van der Waals surface area (Å²) in [6.07, 6.45) is 1.57. The fraction of sp³-hybridized carbons (Fsp3) is 0.111. The molecule has 0 aliphatic heterocycles. The van der Waals surface area contributed by atoms with E-state index >= 15 is 0 Å². The van der Waals surface area contributed by atoms with Gasteiger partial charge in [0.1, 0.15) is 5.82 Å². The number of hydrogen-bond donors (Lipinski definition) is 1. The van der Waals surface area contributed by atoms with E-state index in [1.165, 1.54) is 12.1 Å². The van der Waals surface area contributed by atoms with Crippen LogP contribution in [0, 0.1) is 5.82 Å². The summed E-state index contributed by atoms with van der Waals surface area (Å²) in [5.74, 6) is -0.287. The van der Waals surface area contributed by atoms with E-state index in [-0.39, 0.29) is 24.3 Å². The predicted molar refractivity (Wildman–Crippen MR) is 58.5 cm³/mol. The molecular weight excluding hydrogens is 256 g/mol. The van der Waals surface area contributed by atoms with Gasteiger partial charge in [0.05, 0.1) is 0 Å². The lowest BCUT2D eigenvalue weighted by atomic mass is 10.1. The van der Waals surface area contributed by atoms with Crippen molar-refractivity contribution in [2.45, 2.75) is 6.04 Å². The van der Waals surface area contributed by atoms with Crippen LogP contribution < -0.4 is 5.73 Å². The van der Waals surface area contributed by atoms with E-state index < -0.39 is 0 Å². The van der Waals surface area contributed by atoms with Gasteiger partial charge in [0, 0.05) is 10.5 Å². The number of nitrogens with two attached hydrogens (primary N) is 1. The van der Waals surface area contributed by atoms with E-state index in [1.807, 2.05) is 0 Å². The minimum Gasteiger partial charge on any atom is -0.321 e. The van der Waals surface area contributed by atoms with Crippen molar-refractivity contribution in [2.24, 2.45) is 5.73 Å². The highest BCUT2D eigenvalue weighted by atomic mass is 79.9. The van der Waals surface area contributed by atoms with Gasteiger partial charge in [0.15, 0.2) is 0 Å². The largest absolute Gasteiger partial charge is 0.321 e. The average Bonchev–Trinajstić information content (AvgIpc) is 2.08. The van der Waals surface area contributed by atoms with Crippen molar-refractivity contribution in [3.8, 4) is 0 Å². The second-order valence-corrected chi connectivity index (χ2v) is 3.28. The summed E-state index contributed by atoms with van der Waals surface area (Å²) in [4.78, 5) is 0. The van der Waals surface area contributed by atoms with Gasteiger partial charge in [-0.3, -0.25) is 0 Å². The van der Waals surface area contributed by atoms with Gasteiger partial charge in [-0.1, -0.05) is 22.0 Å². The zero-order valence-corrected chi connectivity index (χ0v) is 9.24. The van der Waals surface area contributed by atoms with Crippen LogP contribution in [0.15, 0.2) is 35.3 Å². The zero-order chi connectivity index (χ0) is 9.14. The van der Waals surface area contributed by atoms with Gasteiger partial charge >= 0.3 is 0 Å². The zero-order valence-electron chi connectivity index (χ0n) is 6.84. The van der Waals surface area contributed by atoms with E-state index in [0.717, 1.165) is 4.47 Å². The maximum Gasteiger partial charge on any atom is 0.123 e. The summed E-state index contributed by atoms with van der Waals surface area (Å²) in [5, 5.41) is 0. The average molecular weight is 267 g/mol. The summed E-state index contributed by atoms with van der Waals surface area (Å²) in [5.41, 5.74) is 6.36. The highest BCUT2D eigenvalue weighted by molar-refractivity contribution is 9.10. The Balaban J connectivity index is 0.00000144. The maximum atomic E-state index is 12.7. The Morgan fingerprint density at radius 2 is 2.15 bits per heavy atom. The highest BCUT2D eigenvalue weighted by Gasteiger charge is 2.06. The van der Waals surface area contributed by atoms with Crippen LogP contribution in [-0.2, 0) is 0 Å². The smallest absolute Gasteiger partial charge is 0.123 e. The lowest BCUT2D eigenvalue weighted by Gasteiger charge is -2.08. The van der Waals surface area contributed by atoms with E-state index in [9.17, 15) is 4.39 Å². The van der Waals surface area contributed by atoms with Gasteiger partial charge < -0.3 is 5.73 Å². The first-order valence-electron chi connectivity index (χ1n) is 3.48. The summed E-state index contributed by atoms with van der Waals surface area (Å²) < 4.78 is 13.5. The molecule has 0 aromatic heterocycles. The van der Waals surface area contributed by atoms with Crippen molar-refractivity contribution in [3.63, 3.8) is 0 Å². The molecule has 0 bridgehead atoms. The molecule has 1 nitrogen and oxygen atoms in total. The molecule has 0 aliphatic rings. The predicted octanol–water partition coefficient (Wildman–Crippen LogP) is 3.20. The highest BCUT2D eigenvalue weighted by Crippen LogP contribution is 2.23. The van der Waals surface area contributed by atoms with E-state index in [0.29, 0.717) is 5.56 Å². The number of rotatable bonds is 2. The normalized spacial score (nSPS) is 11.6. The number of halogens is 3. The van der Waals surface area contributed by atoms with Crippen LogP contribution in [0.5, 0.6) is 0 Å². The van der Waals surface area contributed by atoms with Crippen LogP contribution in [0.4, 0.5) is 4.39 Å². The molecule has 0 fully saturated rings. The molecular formula is C9H10BrClFN. The van der Waals surface area contributed by atoms with Crippen molar-refractivity contribution in [1.82, 2.24) is 0 Å². The lowest BCUT2D eigenvalue weighted by molar-refractivity contribution is 0.623.